The molecule has 3 unspecified atom stereocenters. The number of hydrogen-bond acceptors (Lipinski definition) is 2. The zero-order chi connectivity index (χ0) is 5.15. The van der Waals surface area contributed by atoms with Gasteiger partial charge in [-0.15, -0.1) is 18.5 Å². The Morgan fingerprint density at radius 2 is 1.67 bits per heavy atom. The number of hydrogen-bond donors (Lipinski definition) is 2. The predicted molar refractivity (Wildman–Crippen MR) is 33.4 cm³/mol. The first-order valence-corrected chi connectivity index (χ1v) is 2.92. The van der Waals surface area contributed by atoms with Crippen molar-refractivity contribution in [3.63, 3.8) is 0 Å². The van der Waals surface area contributed by atoms with Crippen LogP contribution in [-0.2, 0) is 0 Å². The first-order chi connectivity index (χ1) is 2.64. The summed E-state index contributed by atoms with van der Waals surface area (Å²) in [5.74, 6) is 0. The van der Waals surface area contributed by atoms with Gasteiger partial charge in [0.25, 0.3) is 0 Å². The van der Waals surface area contributed by atoms with Gasteiger partial charge < -0.3 is 10.8 Å². The largest absolute Gasteiger partial charge is 0.378 e. The molecule has 38 valence electrons. The summed E-state index contributed by atoms with van der Waals surface area (Å²) in [7, 11) is 4.72. The highest BCUT2D eigenvalue weighted by Gasteiger charge is 1.98. The van der Waals surface area contributed by atoms with Crippen molar-refractivity contribution in [3.8, 4) is 0 Å². The minimum Gasteiger partial charge on any atom is -0.378 e. The van der Waals surface area contributed by atoms with Crippen LogP contribution in [-0.4, -0.2) is 16.7 Å². The fourth-order valence-corrected chi connectivity index (χ4v) is 0. The highest BCUT2D eigenvalue weighted by molar-refractivity contribution is 7.37. The molecule has 0 aromatic heterocycles. The highest BCUT2D eigenvalue weighted by Crippen LogP contribution is 2.08. The van der Waals surface area contributed by atoms with Crippen molar-refractivity contribution in [2.75, 3.05) is 0 Å². The van der Waals surface area contributed by atoms with Crippen molar-refractivity contribution in [1.82, 2.24) is 0 Å². The normalized spacial score (nSPS) is 15.5. The third-order valence-corrected chi connectivity index (χ3v) is 1.18. The standard InChI is InChI=1S/C2H9NOP2/c3-1(4)2(5)6/h1-2,4H,3,5-6H2. The Morgan fingerprint density at radius 3 is 1.67 bits per heavy atom. The van der Waals surface area contributed by atoms with Crippen LogP contribution < -0.4 is 5.73 Å². The molecule has 0 heterocycles. The Morgan fingerprint density at radius 1 is 1.50 bits per heavy atom. The lowest BCUT2D eigenvalue weighted by atomic mass is 10.7. The lowest BCUT2D eigenvalue weighted by Gasteiger charge is -2.04. The second kappa shape index (κ2) is 2.87. The third kappa shape index (κ3) is 2.99. The van der Waals surface area contributed by atoms with Crippen molar-refractivity contribution in [2.45, 2.75) is 11.6 Å². The van der Waals surface area contributed by atoms with Crippen molar-refractivity contribution in [1.29, 1.82) is 0 Å². The van der Waals surface area contributed by atoms with Crippen molar-refractivity contribution in [2.24, 2.45) is 5.73 Å². The molecule has 3 N–H and O–H groups in total. The summed E-state index contributed by atoms with van der Waals surface area (Å²) in [5, 5.41) is 8.38. The minimum absolute atomic E-state index is 0.0185. The molecule has 0 aliphatic carbocycles. The average molecular weight is 125 g/mol. The van der Waals surface area contributed by atoms with E-state index in [0.717, 1.165) is 0 Å². The van der Waals surface area contributed by atoms with Crippen LogP contribution in [0.3, 0.4) is 0 Å². The van der Waals surface area contributed by atoms with Crippen LogP contribution in [0, 0.1) is 0 Å². The van der Waals surface area contributed by atoms with Crippen LogP contribution in [0.1, 0.15) is 0 Å². The number of aliphatic hydroxyl groups excluding tert-OH is 1. The summed E-state index contributed by atoms with van der Waals surface area (Å²) < 4.78 is 0. The first kappa shape index (κ1) is 6.78. The summed E-state index contributed by atoms with van der Waals surface area (Å²) in [6.07, 6.45) is -0.722. The highest BCUT2D eigenvalue weighted by atomic mass is 31.1. The van der Waals surface area contributed by atoms with Gasteiger partial charge in [0.1, 0.15) is 6.23 Å². The van der Waals surface area contributed by atoms with Crippen LogP contribution in [0.4, 0.5) is 0 Å². The maximum absolute atomic E-state index is 8.37. The lowest BCUT2D eigenvalue weighted by molar-refractivity contribution is 0.200. The molecule has 0 aromatic carbocycles. The Balaban J connectivity index is 2.99. The van der Waals surface area contributed by atoms with E-state index in [9.17, 15) is 0 Å². The summed E-state index contributed by atoms with van der Waals surface area (Å²) >= 11 is 0. The topological polar surface area (TPSA) is 46.2 Å². The molecule has 6 heavy (non-hydrogen) atoms. The van der Waals surface area contributed by atoms with Crippen LogP contribution in [0.5, 0.6) is 0 Å². The van der Waals surface area contributed by atoms with Crippen molar-refractivity contribution < 1.29 is 5.11 Å². The van der Waals surface area contributed by atoms with E-state index in [1.165, 1.54) is 0 Å². The summed E-state index contributed by atoms with van der Waals surface area (Å²) in [4.78, 5) is 0. The van der Waals surface area contributed by atoms with E-state index >= 15 is 0 Å². The molecule has 0 bridgehead atoms. The zero-order valence-electron chi connectivity index (χ0n) is 3.33. The number of rotatable bonds is 1. The van der Waals surface area contributed by atoms with Gasteiger partial charge in [-0.25, -0.2) is 0 Å². The van der Waals surface area contributed by atoms with Gasteiger partial charge in [-0.2, -0.15) is 0 Å². The zero-order valence-corrected chi connectivity index (χ0v) is 5.64. The van der Waals surface area contributed by atoms with Crippen LogP contribution >= 0.6 is 18.5 Å². The molecule has 4 heteroatoms. The van der Waals surface area contributed by atoms with Gasteiger partial charge in [-0.1, -0.05) is 0 Å². The monoisotopic (exact) mass is 125 g/mol. The summed E-state index contributed by atoms with van der Waals surface area (Å²) in [5.41, 5.74) is 4.95. The SMILES string of the molecule is NC(O)C(P)P. The molecule has 2 nitrogen and oxygen atoms in total. The van der Waals surface area contributed by atoms with Gasteiger partial charge in [0.2, 0.25) is 0 Å². The molecule has 0 amide bonds. The number of aliphatic hydroxyl groups is 1. The molecule has 0 saturated heterocycles. The van der Waals surface area contributed by atoms with E-state index in [4.69, 9.17) is 10.8 Å². The molecule has 0 aliphatic rings. The molecular weight excluding hydrogens is 116 g/mol. The maximum atomic E-state index is 8.37. The van der Waals surface area contributed by atoms with Gasteiger partial charge in [0, 0.05) is 5.40 Å². The van der Waals surface area contributed by atoms with Crippen molar-refractivity contribution in [3.05, 3.63) is 0 Å². The lowest BCUT2D eigenvalue weighted by Crippen LogP contribution is -2.25. The van der Waals surface area contributed by atoms with Crippen LogP contribution in [0.25, 0.3) is 0 Å². The van der Waals surface area contributed by atoms with Gasteiger partial charge in [-0.05, 0) is 0 Å². The minimum atomic E-state index is -0.722. The molecule has 0 saturated carbocycles. The fourth-order valence-electron chi connectivity index (χ4n) is 0. The van der Waals surface area contributed by atoms with E-state index in [0.29, 0.717) is 0 Å². The van der Waals surface area contributed by atoms with E-state index in [-0.39, 0.29) is 5.40 Å². The Labute approximate surface area is 41.9 Å². The third-order valence-electron chi connectivity index (χ3n) is 0.394. The second-order valence-corrected chi connectivity index (χ2v) is 3.38. The molecule has 3 atom stereocenters. The quantitative estimate of drug-likeness (QED) is 0.361. The fraction of sp³-hybridized carbons (Fsp3) is 1.00. The summed E-state index contributed by atoms with van der Waals surface area (Å²) in [6.45, 7) is 0. The Hall–Kier alpha value is 0.780. The first-order valence-electron chi connectivity index (χ1n) is 1.59. The van der Waals surface area contributed by atoms with Gasteiger partial charge in [-0.3, -0.25) is 0 Å². The summed E-state index contributed by atoms with van der Waals surface area (Å²) in [6, 6.07) is 0. The number of nitrogens with two attached hydrogens (primary N) is 1. The molecule has 0 radical (unpaired) electrons. The maximum Gasteiger partial charge on any atom is 0.112 e. The van der Waals surface area contributed by atoms with Crippen LogP contribution in [0.2, 0.25) is 0 Å². The van der Waals surface area contributed by atoms with E-state index in [1.54, 1.807) is 0 Å². The van der Waals surface area contributed by atoms with Gasteiger partial charge >= 0.3 is 0 Å². The molecule has 0 aliphatic heterocycles. The molecular formula is C2H9NOP2. The molecule has 0 aromatic rings. The smallest absolute Gasteiger partial charge is 0.112 e. The van der Waals surface area contributed by atoms with Crippen LogP contribution in [0.15, 0.2) is 0 Å². The van der Waals surface area contributed by atoms with Gasteiger partial charge in [0.05, 0.1) is 0 Å². The van der Waals surface area contributed by atoms with E-state index in [1.807, 2.05) is 0 Å². The average Bonchev–Trinajstić information content (AvgIpc) is 1.36. The van der Waals surface area contributed by atoms with E-state index < -0.39 is 6.23 Å². The van der Waals surface area contributed by atoms with Gasteiger partial charge in [0.15, 0.2) is 0 Å². The van der Waals surface area contributed by atoms with E-state index in [2.05, 4.69) is 18.5 Å². The van der Waals surface area contributed by atoms with Crippen molar-refractivity contribution >= 4 is 18.5 Å². The Kier molecular flexibility index (Phi) is 3.25. The molecule has 0 spiro atoms. The predicted octanol–water partition coefficient (Wildman–Crippen LogP) is -0.660. The molecule has 0 rings (SSSR count). The molecule has 0 fully saturated rings. The Bertz CT molecular complexity index is 32.5. The second-order valence-electron chi connectivity index (χ2n) is 1.07.